The normalized spacial score (nSPS) is 13.1. The van der Waals surface area contributed by atoms with E-state index in [1.54, 1.807) is 18.2 Å². The fourth-order valence-electron chi connectivity index (χ4n) is 3.20. The van der Waals surface area contributed by atoms with Gasteiger partial charge >= 0.3 is 5.91 Å². The zero-order chi connectivity index (χ0) is 20.3. The summed E-state index contributed by atoms with van der Waals surface area (Å²) in [4.78, 5) is 14.5. The fraction of sp³-hybridized carbons (Fsp3) is 0.190. The molecule has 0 atom stereocenters. The Morgan fingerprint density at radius 2 is 1.79 bits per heavy atom. The average molecular weight is 412 g/mol. The number of rotatable bonds is 7. The third kappa shape index (κ3) is 4.49. The highest BCUT2D eigenvalue weighted by Crippen LogP contribution is 2.24. The molecule has 29 heavy (non-hydrogen) atoms. The van der Waals surface area contributed by atoms with E-state index in [4.69, 9.17) is 9.15 Å². The van der Waals surface area contributed by atoms with E-state index in [2.05, 4.69) is 10.3 Å². The minimum Gasteiger partial charge on any atom is -0.486 e. The second-order valence-electron chi connectivity index (χ2n) is 6.71. The molecule has 1 aromatic heterocycles. The van der Waals surface area contributed by atoms with E-state index in [0.29, 0.717) is 11.5 Å². The molecular weight excluding hydrogens is 392 g/mol. The van der Waals surface area contributed by atoms with Gasteiger partial charge in [0, 0.05) is 0 Å². The van der Waals surface area contributed by atoms with Crippen LogP contribution in [0.4, 0.5) is 0 Å². The number of ether oxygens (including phenoxy) is 1. The molecule has 0 fully saturated rings. The summed E-state index contributed by atoms with van der Waals surface area (Å²) in [6.07, 6.45) is 2.86. The van der Waals surface area contributed by atoms with Crippen LogP contribution >= 0.6 is 0 Å². The number of benzene rings is 2. The van der Waals surface area contributed by atoms with Gasteiger partial charge in [0.2, 0.25) is 0 Å². The second-order valence-corrected chi connectivity index (χ2v) is 8.39. The first kappa shape index (κ1) is 19.2. The van der Waals surface area contributed by atoms with Crippen molar-refractivity contribution in [2.24, 2.45) is 0 Å². The molecular formula is C21H20N2O5S. The summed E-state index contributed by atoms with van der Waals surface area (Å²) in [6.45, 7) is 0.151. The van der Waals surface area contributed by atoms with Gasteiger partial charge in [-0.15, -0.1) is 4.83 Å². The van der Waals surface area contributed by atoms with Crippen LogP contribution in [0.5, 0.6) is 5.75 Å². The zero-order valence-corrected chi connectivity index (χ0v) is 16.4. The molecule has 3 aromatic rings. The smallest absolute Gasteiger partial charge is 0.301 e. The molecule has 150 valence electrons. The summed E-state index contributed by atoms with van der Waals surface area (Å²) < 4.78 is 35.9. The summed E-state index contributed by atoms with van der Waals surface area (Å²) in [5.41, 5.74) is 4.39. The summed E-state index contributed by atoms with van der Waals surface area (Å²) in [5, 5.41) is 0. The first-order valence-electron chi connectivity index (χ1n) is 9.22. The Morgan fingerprint density at radius 3 is 2.62 bits per heavy atom. The van der Waals surface area contributed by atoms with Gasteiger partial charge in [0.05, 0.1) is 4.90 Å². The Bertz CT molecular complexity index is 1120. The maximum absolute atomic E-state index is 12.5. The largest absolute Gasteiger partial charge is 0.486 e. The fourth-order valence-corrected chi connectivity index (χ4v) is 4.09. The molecule has 1 aliphatic rings. The molecule has 0 spiro atoms. The number of para-hydroxylation sites is 1. The quantitative estimate of drug-likeness (QED) is 0.582. The minimum atomic E-state index is -3.87. The van der Waals surface area contributed by atoms with Crippen molar-refractivity contribution in [2.75, 3.05) is 0 Å². The van der Waals surface area contributed by atoms with Gasteiger partial charge in [-0.1, -0.05) is 24.3 Å². The van der Waals surface area contributed by atoms with Gasteiger partial charge in [0.15, 0.2) is 5.76 Å². The highest BCUT2D eigenvalue weighted by molar-refractivity contribution is 7.89. The van der Waals surface area contributed by atoms with Crippen LogP contribution < -0.4 is 15.0 Å². The van der Waals surface area contributed by atoms with Crippen LogP contribution in [-0.4, -0.2) is 14.3 Å². The lowest BCUT2D eigenvalue weighted by atomic mass is 10.1. The maximum atomic E-state index is 12.5. The van der Waals surface area contributed by atoms with Gasteiger partial charge in [0.25, 0.3) is 10.0 Å². The lowest BCUT2D eigenvalue weighted by Crippen LogP contribution is -2.41. The predicted octanol–water partition coefficient (Wildman–Crippen LogP) is 2.97. The lowest BCUT2D eigenvalue weighted by Gasteiger charge is -2.09. The van der Waals surface area contributed by atoms with Crippen molar-refractivity contribution in [2.45, 2.75) is 30.8 Å². The van der Waals surface area contributed by atoms with E-state index in [1.165, 1.54) is 11.6 Å². The molecule has 8 heteroatoms. The van der Waals surface area contributed by atoms with Crippen LogP contribution in [0.1, 0.15) is 33.9 Å². The number of nitrogens with one attached hydrogen (secondary N) is 2. The van der Waals surface area contributed by atoms with E-state index in [1.807, 2.05) is 36.4 Å². The van der Waals surface area contributed by atoms with Crippen molar-refractivity contribution in [3.63, 3.8) is 0 Å². The molecule has 0 unspecified atom stereocenters. The number of hydrogen-bond acceptors (Lipinski definition) is 5. The molecule has 2 N–H and O–H groups in total. The van der Waals surface area contributed by atoms with Crippen LogP contribution in [0.15, 0.2) is 70.0 Å². The average Bonchev–Trinajstić information content (AvgIpc) is 3.40. The predicted molar refractivity (Wildman–Crippen MR) is 106 cm³/mol. The van der Waals surface area contributed by atoms with Crippen molar-refractivity contribution in [1.82, 2.24) is 10.3 Å². The standard InChI is InChI=1S/C21H20N2O5S/c24-21(20-12-10-18(28-20)14-27-17-7-2-1-3-8-17)22-23-29(25,26)19-11-9-15-5-4-6-16(15)13-19/h1-3,7-13,23H,4-6,14H2,(H,22,24). The Balaban J connectivity index is 1.35. The van der Waals surface area contributed by atoms with E-state index >= 15 is 0 Å². The SMILES string of the molecule is O=C(NNS(=O)(=O)c1ccc2c(c1)CCC2)c1ccc(COc2ccccc2)o1. The molecule has 0 bridgehead atoms. The molecule has 1 amide bonds. The summed E-state index contributed by atoms with van der Waals surface area (Å²) >= 11 is 0. The highest BCUT2D eigenvalue weighted by atomic mass is 32.2. The number of amides is 1. The lowest BCUT2D eigenvalue weighted by molar-refractivity contribution is 0.0913. The number of hydrogen-bond donors (Lipinski definition) is 2. The molecule has 2 aromatic carbocycles. The number of furan rings is 1. The van der Waals surface area contributed by atoms with Gasteiger partial charge in [-0.2, -0.15) is 0 Å². The van der Waals surface area contributed by atoms with Gasteiger partial charge in [0.1, 0.15) is 18.1 Å². The monoisotopic (exact) mass is 412 g/mol. The van der Waals surface area contributed by atoms with Crippen molar-refractivity contribution in [3.05, 3.63) is 83.3 Å². The number of hydrazine groups is 1. The number of carbonyl (C=O) groups excluding carboxylic acids is 1. The summed E-state index contributed by atoms with van der Waals surface area (Å²) in [7, 11) is -3.87. The number of sulfonamides is 1. The van der Waals surface area contributed by atoms with Crippen LogP contribution in [0, 0.1) is 0 Å². The van der Waals surface area contributed by atoms with Crippen LogP contribution in [0.25, 0.3) is 0 Å². The van der Waals surface area contributed by atoms with Crippen molar-refractivity contribution in [1.29, 1.82) is 0 Å². The second kappa shape index (κ2) is 8.10. The molecule has 0 saturated carbocycles. The van der Waals surface area contributed by atoms with E-state index in [9.17, 15) is 13.2 Å². The maximum Gasteiger partial charge on any atom is 0.301 e. The molecule has 1 heterocycles. The van der Waals surface area contributed by atoms with E-state index in [-0.39, 0.29) is 17.3 Å². The van der Waals surface area contributed by atoms with E-state index < -0.39 is 15.9 Å². The Labute approximate surface area is 168 Å². The number of aryl methyl sites for hydroxylation is 2. The van der Waals surface area contributed by atoms with Gasteiger partial charge in [-0.3, -0.25) is 10.2 Å². The third-order valence-electron chi connectivity index (χ3n) is 4.69. The number of carbonyl (C=O) groups is 1. The highest BCUT2D eigenvalue weighted by Gasteiger charge is 2.20. The van der Waals surface area contributed by atoms with Crippen LogP contribution in [0.2, 0.25) is 0 Å². The van der Waals surface area contributed by atoms with E-state index in [0.717, 1.165) is 24.8 Å². The molecule has 1 aliphatic carbocycles. The molecule has 7 nitrogen and oxygen atoms in total. The molecule has 0 saturated heterocycles. The zero-order valence-electron chi connectivity index (χ0n) is 15.6. The molecule has 0 aliphatic heterocycles. The van der Waals surface area contributed by atoms with Gasteiger partial charge in [-0.05, 0) is 66.8 Å². The van der Waals surface area contributed by atoms with Gasteiger partial charge < -0.3 is 9.15 Å². The first-order chi connectivity index (χ1) is 14.0. The number of fused-ring (bicyclic) bond motifs is 1. The first-order valence-corrected chi connectivity index (χ1v) is 10.7. The van der Waals surface area contributed by atoms with Crippen molar-refractivity contribution >= 4 is 15.9 Å². The Morgan fingerprint density at radius 1 is 1.00 bits per heavy atom. The Hall–Kier alpha value is -3.10. The van der Waals surface area contributed by atoms with Crippen LogP contribution in [-0.2, 0) is 29.5 Å². The summed E-state index contributed by atoms with van der Waals surface area (Å²) in [6, 6.07) is 17.3. The topological polar surface area (TPSA) is 97.6 Å². The van der Waals surface area contributed by atoms with Crippen molar-refractivity contribution in [3.8, 4) is 5.75 Å². The minimum absolute atomic E-state index is 0.0201. The summed E-state index contributed by atoms with van der Waals surface area (Å²) in [5.74, 6) is 0.409. The van der Waals surface area contributed by atoms with Crippen molar-refractivity contribution < 1.29 is 22.4 Å². The van der Waals surface area contributed by atoms with Crippen LogP contribution in [0.3, 0.4) is 0 Å². The Kier molecular flexibility index (Phi) is 5.37. The van der Waals surface area contributed by atoms with Gasteiger partial charge in [-0.25, -0.2) is 8.42 Å². The molecule has 4 rings (SSSR count). The molecule has 0 radical (unpaired) electrons. The third-order valence-corrected chi connectivity index (χ3v) is 5.93.